The Morgan fingerprint density at radius 3 is 2.43 bits per heavy atom. The molecule has 8 heteroatoms. The zero-order valence-corrected chi connectivity index (χ0v) is 19.2. The zero-order chi connectivity index (χ0) is 19.8. The molecular formula is C20H32ClN3O2S2. The minimum atomic E-state index is -0.575. The monoisotopic (exact) mass is 445 g/mol. The number of hydrogen-bond acceptors (Lipinski definition) is 5. The molecule has 1 heterocycles. The maximum absolute atomic E-state index is 13.0. The summed E-state index contributed by atoms with van der Waals surface area (Å²) in [7, 11) is 1.60. The van der Waals surface area contributed by atoms with E-state index in [4.69, 9.17) is 0 Å². The highest BCUT2D eigenvalue weighted by Gasteiger charge is 2.32. The fourth-order valence-electron chi connectivity index (χ4n) is 3.14. The van der Waals surface area contributed by atoms with Crippen LogP contribution < -0.4 is 16.0 Å². The van der Waals surface area contributed by atoms with Gasteiger partial charge in [-0.05, 0) is 17.9 Å². The lowest BCUT2D eigenvalue weighted by Crippen LogP contribution is -2.50. The van der Waals surface area contributed by atoms with Crippen molar-refractivity contribution in [3.05, 3.63) is 35.9 Å². The van der Waals surface area contributed by atoms with Gasteiger partial charge in [0.25, 0.3) is 0 Å². The number of rotatable bonds is 9. The first-order chi connectivity index (χ1) is 12.9. The van der Waals surface area contributed by atoms with Crippen LogP contribution in [0.3, 0.4) is 0 Å². The third-order valence-electron chi connectivity index (χ3n) is 4.61. The fourth-order valence-corrected chi connectivity index (χ4v) is 5.19. The molecular weight excluding hydrogens is 414 g/mol. The Morgan fingerprint density at radius 1 is 1.21 bits per heavy atom. The van der Waals surface area contributed by atoms with Crippen molar-refractivity contribution in [2.75, 3.05) is 20.1 Å². The Labute approximate surface area is 184 Å². The van der Waals surface area contributed by atoms with Crippen LogP contribution in [0.2, 0.25) is 0 Å². The van der Waals surface area contributed by atoms with Gasteiger partial charge >= 0.3 is 0 Å². The maximum Gasteiger partial charge on any atom is 0.242 e. The summed E-state index contributed by atoms with van der Waals surface area (Å²) < 4.78 is 0. The molecule has 5 nitrogen and oxygen atoms in total. The number of benzene rings is 1. The van der Waals surface area contributed by atoms with Crippen molar-refractivity contribution >= 4 is 48.6 Å². The molecule has 2 amide bonds. The Kier molecular flexibility index (Phi) is 11.3. The lowest BCUT2D eigenvalue weighted by molar-refractivity contribution is -0.128. The van der Waals surface area contributed by atoms with E-state index in [1.807, 2.05) is 30.3 Å². The van der Waals surface area contributed by atoms with E-state index in [0.29, 0.717) is 17.6 Å². The molecule has 0 spiro atoms. The van der Waals surface area contributed by atoms with Gasteiger partial charge in [0.2, 0.25) is 11.8 Å². The van der Waals surface area contributed by atoms with E-state index in [1.165, 1.54) is 0 Å². The molecule has 0 saturated carbocycles. The molecule has 0 radical (unpaired) electrons. The Balaban J connectivity index is 0.00000392. The van der Waals surface area contributed by atoms with E-state index in [2.05, 4.69) is 42.4 Å². The first-order valence-electron chi connectivity index (χ1n) is 9.50. The topological polar surface area (TPSA) is 70.2 Å². The van der Waals surface area contributed by atoms with Gasteiger partial charge in [-0.15, -0.1) is 24.2 Å². The molecule has 0 aliphatic carbocycles. The number of thiol groups is 1. The minimum absolute atomic E-state index is 0. The quantitative estimate of drug-likeness (QED) is 0.440. The number of nitrogens with one attached hydrogen (secondary N) is 3. The van der Waals surface area contributed by atoms with Crippen LogP contribution in [0.15, 0.2) is 30.3 Å². The summed E-state index contributed by atoms with van der Waals surface area (Å²) in [5.74, 6) is 0.161. The summed E-state index contributed by atoms with van der Waals surface area (Å²) in [4.78, 5) is 25.4. The number of carbonyl (C=O) groups is 2. The van der Waals surface area contributed by atoms with Crippen LogP contribution in [0, 0.1) is 5.92 Å². The molecule has 158 valence electrons. The third-order valence-corrected chi connectivity index (χ3v) is 6.93. The second-order valence-electron chi connectivity index (χ2n) is 7.38. The normalized spacial score (nSPS) is 20.9. The second-order valence-corrected chi connectivity index (χ2v) is 9.49. The number of carbonyl (C=O) groups excluding carboxylic acids is 2. The zero-order valence-electron chi connectivity index (χ0n) is 16.7. The van der Waals surface area contributed by atoms with Gasteiger partial charge in [-0.2, -0.15) is 12.6 Å². The summed E-state index contributed by atoms with van der Waals surface area (Å²) >= 11 is 6.31. The standard InChI is InChI=1S/C20H31N3O2S2.ClH/c1-13(2)9-17(27-18-12-22-11-16(18)26)20(25)23-15(19(24)21-3)10-14-7-5-4-6-8-14;/h4-8,13,15-18,22,26H,9-12H2,1-3H3,(H,21,24)(H,23,25);1H/t15-,16+,17+,18-;/m0./s1. The summed E-state index contributed by atoms with van der Waals surface area (Å²) in [5, 5.41) is 9.35. The van der Waals surface area contributed by atoms with Gasteiger partial charge in [-0.1, -0.05) is 44.2 Å². The van der Waals surface area contributed by atoms with E-state index in [1.54, 1.807) is 18.8 Å². The van der Waals surface area contributed by atoms with Gasteiger partial charge in [0.1, 0.15) is 6.04 Å². The Bertz CT molecular complexity index is 619. The highest BCUT2D eigenvalue weighted by molar-refractivity contribution is 8.02. The molecule has 0 aromatic heterocycles. The average molecular weight is 446 g/mol. The summed E-state index contributed by atoms with van der Waals surface area (Å²) in [6.07, 6.45) is 1.25. The molecule has 1 aromatic rings. The molecule has 28 heavy (non-hydrogen) atoms. The highest BCUT2D eigenvalue weighted by Crippen LogP contribution is 2.30. The van der Waals surface area contributed by atoms with Gasteiger partial charge in [-0.3, -0.25) is 9.59 Å². The van der Waals surface area contributed by atoms with Crippen LogP contribution in [0.1, 0.15) is 25.8 Å². The molecule has 3 N–H and O–H groups in total. The van der Waals surface area contributed by atoms with Crippen LogP contribution >= 0.6 is 36.8 Å². The predicted molar refractivity (Wildman–Crippen MR) is 124 cm³/mol. The largest absolute Gasteiger partial charge is 0.357 e. The summed E-state index contributed by atoms with van der Waals surface area (Å²) in [5.41, 5.74) is 1.02. The highest BCUT2D eigenvalue weighted by atomic mass is 35.5. The van der Waals surface area contributed by atoms with Crippen LogP contribution in [0.25, 0.3) is 0 Å². The Hall–Kier alpha value is -0.890. The van der Waals surface area contributed by atoms with E-state index < -0.39 is 6.04 Å². The Morgan fingerprint density at radius 2 is 1.89 bits per heavy atom. The van der Waals surface area contributed by atoms with Crippen molar-refractivity contribution in [2.45, 2.75) is 48.5 Å². The number of halogens is 1. The van der Waals surface area contributed by atoms with Crippen molar-refractivity contribution in [3.63, 3.8) is 0 Å². The van der Waals surface area contributed by atoms with E-state index >= 15 is 0 Å². The lowest BCUT2D eigenvalue weighted by atomic mass is 10.0. The first-order valence-corrected chi connectivity index (χ1v) is 11.0. The molecule has 1 saturated heterocycles. The molecule has 4 atom stereocenters. The second kappa shape index (κ2) is 12.6. The maximum atomic E-state index is 13.0. The molecule has 1 fully saturated rings. The van der Waals surface area contributed by atoms with Crippen molar-refractivity contribution in [3.8, 4) is 0 Å². The van der Waals surface area contributed by atoms with E-state index in [0.717, 1.165) is 25.1 Å². The van der Waals surface area contributed by atoms with Crippen LogP contribution in [-0.2, 0) is 16.0 Å². The van der Waals surface area contributed by atoms with Crippen LogP contribution in [0.5, 0.6) is 0 Å². The molecule has 2 rings (SSSR count). The van der Waals surface area contributed by atoms with Gasteiger partial charge in [-0.25, -0.2) is 0 Å². The molecule has 1 aliphatic rings. The fraction of sp³-hybridized carbons (Fsp3) is 0.600. The van der Waals surface area contributed by atoms with E-state index in [9.17, 15) is 9.59 Å². The molecule has 1 aliphatic heterocycles. The predicted octanol–water partition coefficient (Wildman–Crippen LogP) is 2.30. The van der Waals surface area contributed by atoms with E-state index in [-0.39, 0.29) is 34.7 Å². The number of amides is 2. The number of thioether (sulfide) groups is 1. The van der Waals surface area contributed by atoms with Crippen molar-refractivity contribution in [2.24, 2.45) is 5.92 Å². The number of likely N-dealkylation sites (N-methyl/N-ethyl adjacent to an activating group) is 1. The van der Waals surface area contributed by atoms with Crippen molar-refractivity contribution in [1.29, 1.82) is 0 Å². The summed E-state index contributed by atoms with van der Waals surface area (Å²) in [6, 6.07) is 9.19. The van der Waals surface area contributed by atoms with Gasteiger partial charge in [0.05, 0.1) is 5.25 Å². The van der Waals surface area contributed by atoms with Crippen molar-refractivity contribution in [1.82, 2.24) is 16.0 Å². The minimum Gasteiger partial charge on any atom is -0.357 e. The molecule has 1 aromatic carbocycles. The average Bonchev–Trinajstić information content (AvgIpc) is 3.05. The van der Waals surface area contributed by atoms with Crippen LogP contribution in [-0.4, -0.2) is 53.7 Å². The van der Waals surface area contributed by atoms with Gasteiger partial charge in [0, 0.05) is 37.1 Å². The van der Waals surface area contributed by atoms with Gasteiger partial charge in [0.15, 0.2) is 0 Å². The SMILES string of the molecule is CNC(=O)[C@H](Cc1ccccc1)NC(=O)[C@@H](CC(C)C)S[C@H]1CNC[C@H]1S.Cl. The third kappa shape index (κ3) is 7.85. The van der Waals surface area contributed by atoms with Crippen LogP contribution in [0.4, 0.5) is 0 Å². The summed E-state index contributed by atoms with van der Waals surface area (Å²) in [6.45, 7) is 5.97. The lowest BCUT2D eigenvalue weighted by Gasteiger charge is -2.25. The first kappa shape index (κ1) is 25.1. The number of hydrogen-bond donors (Lipinski definition) is 4. The van der Waals surface area contributed by atoms with Gasteiger partial charge < -0.3 is 16.0 Å². The molecule has 0 bridgehead atoms. The molecule has 0 unspecified atom stereocenters. The smallest absolute Gasteiger partial charge is 0.242 e. The van der Waals surface area contributed by atoms with Crippen molar-refractivity contribution < 1.29 is 9.59 Å².